The van der Waals surface area contributed by atoms with E-state index in [1.165, 1.54) is 6.07 Å². The third-order valence-corrected chi connectivity index (χ3v) is 3.80. The molecule has 1 aromatic rings. The molecule has 1 aliphatic rings. The van der Waals surface area contributed by atoms with Crippen molar-refractivity contribution in [3.8, 4) is 0 Å². The van der Waals surface area contributed by atoms with Gasteiger partial charge in [0.25, 0.3) is 5.91 Å². The van der Waals surface area contributed by atoms with Crippen LogP contribution in [0.5, 0.6) is 0 Å². The number of hydrogen-bond donors (Lipinski definition) is 3. The summed E-state index contributed by atoms with van der Waals surface area (Å²) in [6.45, 7) is 1.96. The first-order valence-corrected chi connectivity index (χ1v) is 6.72. The van der Waals surface area contributed by atoms with Crippen LogP contribution >= 0.6 is 0 Å². The lowest BCUT2D eigenvalue weighted by atomic mass is 9.86. The molecule has 1 aliphatic carbocycles. The van der Waals surface area contributed by atoms with Gasteiger partial charge in [0.15, 0.2) is 0 Å². The number of carbonyl (C=O) groups excluding carboxylic acids is 1. The molecule has 0 saturated heterocycles. The largest absolute Gasteiger partial charge is 0.396 e. The van der Waals surface area contributed by atoms with E-state index in [4.69, 9.17) is 5.11 Å². The first kappa shape index (κ1) is 13.8. The van der Waals surface area contributed by atoms with Crippen molar-refractivity contribution < 1.29 is 9.90 Å². The Morgan fingerprint density at radius 2 is 2.05 bits per heavy atom. The second kappa shape index (κ2) is 6.02. The number of pyridine rings is 1. The Morgan fingerprint density at radius 3 is 2.63 bits per heavy atom. The number of aliphatic hydroxyl groups excluding tert-OH is 1. The van der Waals surface area contributed by atoms with Crippen molar-refractivity contribution in [1.29, 1.82) is 0 Å². The highest BCUT2D eigenvalue weighted by Crippen LogP contribution is 2.23. The molecule has 3 N–H and O–H groups in total. The summed E-state index contributed by atoms with van der Waals surface area (Å²) in [5, 5.41) is 12.1. The van der Waals surface area contributed by atoms with Crippen LogP contribution in [-0.4, -0.2) is 28.6 Å². The third kappa shape index (κ3) is 3.44. The lowest BCUT2D eigenvalue weighted by Gasteiger charge is -2.28. The highest BCUT2D eigenvalue weighted by molar-refractivity contribution is 5.95. The van der Waals surface area contributed by atoms with Gasteiger partial charge in [-0.2, -0.15) is 0 Å². The molecular formula is C14H20N2O3. The maximum atomic E-state index is 12.1. The molecule has 0 aliphatic heterocycles. The molecule has 2 rings (SSSR count). The second-order valence-corrected chi connectivity index (χ2v) is 5.23. The summed E-state index contributed by atoms with van der Waals surface area (Å²) >= 11 is 0. The molecule has 5 heteroatoms. The maximum absolute atomic E-state index is 12.1. The molecule has 0 atom stereocenters. The van der Waals surface area contributed by atoms with E-state index in [1.807, 2.05) is 0 Å². The summed E-state index contributed by atoms with van der Waals surface area (Å²) in [6, 6.07) is 3.09. The summed E-state index contributed by atoms with van der Waals surface area (Å²) < 4.78 is 0. The molecule has 1 heterocycles. The van der Waals surface area contributed by atoms with Crippen molar-refractivity contribution >= 4 is 5.91 Å². The maximum Gasteiger partial charge on any atom is 0.253 e. The molecule has 1 aromatic heterocycles. The van der Waals surface area contributed by atoms with Crippen LogP contribution in [0.15, 0.2) is 16.9 Å². The zero-order valence-electron chi connectivity index (χ0n) is 11.1. The molecule has 0 unspecified atom stereocenters. The van der Waals surface area contributed by atoms with Crippen molar-refractivity contribution in [3.63, 3.8) is 0 Å². The fraction of sp³-hybridized carbons (Fsp3) is 0.571. The van der Waals surface area contributed by atoms with Crippen molar-refractivity contribution in [3.05, 3.63) is 33.7 Å². The van der Waals surface area contributed by atoms with Gasteiger partial charge in [0.2, 0.25) is 5.56 Å². The van der Waals surface area contributed by atoms with E-state index in [-0.39, 0.29) is 24.1 Å². The number of rotatable bonds is 3. The van der Waals surface area contributed by atoms with Crippen LogP contribution in [0, 0.1) is 12.8 Å². The quantitative estimate of drug-likeness (QED) is 0.760. The standard InChI is InChI=1S/C14H20N2O3/c1-9-12(6-7-13(18)15-9)14(19)16-11-4-2-10(8-17)3-5-11/h6-7,10-11,17H,2-5,8H2,1H3,(H,15,18)(H,16,19). The molecule has 1 fully saturated rings. The third-order valence-electron chi connectivity index (χ3n) is 3.80. The first-order chi connectivity index (χ1) is 9.10. The van der Waals surface area contributed by atoms with Crippen LogP contribution in [0.4, 0.5) is 0 Å². The van der Waals surface area contributed by atoms with Crippen LogP contribution in [0.2, 0.25) is 0 Å². The average Bonchev–Trinajstić information content (AvgIpc) is 2.39. The van der Waals surface area contributed by atoms with E-state index >= 15 is 0 Å². The van der Waals surface area contributed by atoms with Crippen LogP contribution in [0.3, 0.4) is 0 Å². The summed E-state index contributed by atoms with van der Waals surface area (Å²) in [4.78, 5) is 25.9. The number of nitrogens with one attached hydrogen (secondary N) is 2. The highest BCUT2D eigenvalue weighted by Gasteiger charge is 2.22. The van der Waals surface area contributed by atoms with Crippen molar-refractivity contribution in [1.82, 2.24) is 10.3 Å². The number of amides is 1. The monoisotopic (exact) mass is 264 g/mol. The molecule has 0 aromatic carbocycles. The van der Waals surface area contributed by atoms with E-state index < -0.39 is 0 Å². The van der Waals surface area contributed by atoms with Crippen LogP contribution < -0.4 is 10.9 Å². The highest BCUT2D eigenvalue weighted by atomic mass is 16.3. The number of aromatic nitrogens is 1. The molecule has 0 radical (unpaired) electrons. The van der Waals surface area contributed by atoms with Crippen LogP contribution in [0.1, 0.15) is 41.7 Å². The summed E-state index contributed by atoms with van der Waals surface area (Å²) in [7, 11) is 0. The van der Waals surface area contributed by atoms with E-state index in [1.54, 1.807) is 13.0 Å². The summed E-state index contributed by atoms with van der Waals surface area (Å²) in [5.41, 5.74) is 0.912. The van der Waals surface area contributed by atoms with E-state index in [0.717, 1.165) is 25.7 Å². The minimum absolute atomic E-state index is 0.138. The van der Waals surface area contributed by atoms with Crippen LogP contribution in [-0.2, 0) is 0 Å². The van der Waals surface area contributed by atoms with Gasteiger partial charge in [0.1, 0.15) is 0 Å². The summed E-state index contributed by atoms with van der Waals surface area (Å²) in [5.74, 6) is 0.240. The van der Waals surface area contributed by atoms with Gasteiger partial charge in [-0.05, 0) is 44.6 Å². The predicted octanol–water partition coefficient (Wildman–Crippen LogP) is 0.964. The van der Waals surface area contributed by atoms with Gasteiger partial charge in [-0.25, -0.2) is 0 Å². The lowest BCUT2D eigenvalue weighted by Crippen LogP contribution is -2.38. The van der Waals surface area contributed by atoms with Crippen LogP contribution in [0.25, 0.3) is 0 Å². The normalized spacial score (nSPS) is 23.1. The Balaban J connectivity index is 1.96. The van der Waals surface area contributed by atoms with Crippen molar-refractivity contribution in [2.75, 3.05) is 6.61 Å². The zero-order chi connectivity index (χ0) is 13.8. The SMILES string of the molecule is Cc1[nH]c(=O)ccc1C(=O)NC1CCC(CO)CC1. The Hall–Kier alpha value is -1.62. The summed E-state index contributed by atoms with van der Waals surface area (Å²) in [6.07, 6.45) is 3.71. The number of aliphatic hydroxyl groups is 1. The number of aryl methyl sites for hydroxylation is 1. The average molecular weight is 264 g/mol. The van der Waals surface area contributed by atoms with Gasteiger partial charge in [-0.1, -0.05) is 0 Å². The van der Waals surface area contributed by atoms with Gasteiger partial charge in [-0.15, -0.1) is 0 Å². The number of hydrogen-bond acceptors (Lipinski definition) is 3. The van der Waals surface area contributed by atoms with Gasteiger partial charge in [-0.3, -0.25) is 9.59 Å². The molecule has 1 saturated carbocycles. The molecular weight excluding hydrogens is 244 g/mol. The van der Waals surface area contributed by atoms with Crippen molar-refractivity contribution in [2.45, 2.75) is 38.6 Å². The second-order valence-electron chi connectivity index (χ2n) is 5.23. The number of H-pyrrole nitrogens is 1. The lowest BCUT2D eigenvalue weighted by molar-refractivity contribution is 0.0913. The van der Waals surface area contributed by atoms with E-state index in [0.29, 0.717) is 17.2 Å². The Kier molecular flexibility index (Phi) is 4.37. The Morgan fingerprint density at radius 1 is 1.37 bits per heavy atom. The minimum atomic E-state index is -0.197. The predicted molar refractivity (Wildman–Crippen MR) is 72.1 cm³/mol. The molecule has 0 bridgehead atoms. The van der Waals surface area contributed by atoms with E-state index in [9.17, 15) is 9.59 Å². The molecule has 19 heavy (non-hydrogen) atoms. The Labute approximate surface area is 112 Å². The zero-order valence-corrected chi connectivity index (χ0v) is 11.1. The topological polar surface area (TPSA) is 82.2 Å². The minimum Gasteiger partial charge on any atom is -0.396 e. The van der Waals surface area contributed by atoms with Crippen molar-refractivity contribution in [2.24, 2.45) is 5.92 Å². The smallest absolute Gasteiger partial charge is 0.253 e. The van der Waals surface area contributed by atoms with Gasteiger partial charge in [0.05, 0.1) is 5.56 Å². The van der Waals surface area contributed by atoms with E-state index in [2.05, 4.69) is 10.3 Å². The molecule has 104 valence electrons. The Bertz CT molecular complexity index is 502. The molecule has 1 amide bonds. The van der Waals surface area contributed by atoms with Gasteiger partial charge >= 0.3 is 0 Å². The molecule has 0 spiro atoms. The number of aromatic amines is 1. The first-order valence-electron chi connectivity index (χ1n) is 6.72. The molecule has 5 nitrogen and oxygen atoms in total. The fourth-order valence-electron chi connectivity index (χ4n) is 2.58. The number of carbonyl (C=O) groups is 1. The fourth-order valence-corrected chi connectivity index (χ4v) is 2.58. The van der Waals surface area contributed by atoms with Gasteiger partial charge < -0.3 is 15.4 Å². The van der Waals surface area contributed by atoms with Gasteiger partial charge in [0, 0.05) is 24.4 Å².